The van der Waals surface area contributed by atoms with E-state index >= 15 is 0 Å². The summed E-state index contributed by atoms with van der Waals surface area (Å²) >= 11 is 6.04. The summed E-state index contributed by atoms with van der Waals surface area (Å²) in [5, 5.41) is 11.9. The lowest BCUT2D eigenvalue weighted by atomic mass is 10.1. The molecular formula is C22H22ClFN6O. The lowest BCUT2D eigenvalue weighted by Crippen LogP contribution is -2.49. The summed E-state index contributed by atoms with van der Waals surface area (Å²) < 4.78 is 14.0. The number of rotatable bonds is 5. The van der Waals surface area contributed by atoms with Gasteiger partial charge in [0.2, 0.25) is 5.91 Å². The third-order valence-electron chi connectivity index (χ3n) is 5.16. The largest absolute Gasteiger partial charge is 0.352 e. The van der Waals surface area contributed by atoms with Crippen molar-refractivity contribution >= 4 is 35.0 Å². The van der Waals surface area contributed by atoms with Gasteiger partial charge in [-0.3, -0.25) is 4.79 Å². The zero-order valence-electron chi connectivity index (χ0n) is 17.1. The lowest BCUT2D eigenvalue weighted by molar-refractivity contribution is -0.130. The van der Waals surface area contributed by atoms with Crippen LogP contribution in [0.4, 0.5) is 21.8 Å². The van der Waals surface area contributed by atoms with Gasteiger partial charge in [0.1, 0.15) is 11.6 Å². The molecule has 1 aliphatic rings. The number of amides is 1. The summed E-state index contributed by atoms with van der Waals surface area (Å²) in [4.78, 5) is 20.7. The van der Waals surface area contributed by atoms with E-state index in [4.69, 9.17) is 11.6 Å². The predicted molar refractivity (Wildman–Crippen MR) is 118 cm³/mol. The van der Waals surface area contributed by atoms with Gasteiger partial charge in [0.15, 0.2) is 11.6 Å². The minimum Gasteiger partial charge on any atom is -0.352 e. The van der Waals surface area contributed by atoms with Crippen LogP contribution in [-0.4, -0.2) is 52.2 Å². The number of aryl methyl sites for hydroxylation is 1. The maximum Gasteiger partial charge on any atom is 0.227 e. The van der Waals surface area contributed by atoms with Gasteiger partial charge in [-0.25, -0.2) is 9.37 Å². The summed E-state index contributed by atoms with van der Waals surface area (Å²) in [6, 6.07) is 12.0. The number of hydrogen-bond acceptors (Lipinski definition) is 6. The SMILES string of the molecule is Cc1ccc(Nc2ccc(N3CCN(C(=O)Cc4c(F)cccc4Cl)CC3)nn2)nc1. The molecule has 0 aliphatic carbocycles. The van der Waals surface area contributed by atoms with Gasteiger partial charge in [-0.1, -0.05) is 23.7 Å². The molecule has 2 aromatic heterocycles. The Hall–Kier alpha value is -3.26. The van der Waals surface area contributed by atoms with Crippen LogP contribution in [0.5, 0.6) is 0 Å². The van der Waals surface area contributed by atoms with Crippen molar-refractivity contribution in [2.45, 2.75) is 13.3 Å². The van der Waals surface area contributed by atoms with Crippen LogP contribution in [0.1, 0.15) is 11.1 Å². The molecule has 0 unspecified atom stereocenters. The van der Waals surface area contributed by atoms with E-state index in [2.05, 4.69) is 25.4 Å². The Morgan fingerprint density at radius 2 is 1.84 bits per heavy atom. The molecule has 9 heteroatoms. The molecule has 1 aliphatic heterocycles. The Labute approximate surface area is 184 Å². The van der Waals surface area contributed by atoms with Crippen LogP contribution in [-0.2, 0) is 11.2 Å². The van der Waals surface area contributed by atoms with Crippen LogP contribution in [0.15, 0.2) is 48.7 Å². The van der Waals surface area contributed by atoms with E-state index in [1.54, 1.807) is 17.2 Å². The number of halogens is 2. The minimum absolute atomic E-state index is 0.0429. The highest BCUT2D eigenvalue weighted by molar-refractivity contribution is 6.31. The maximum atomic E-state index is 14.0. The zero-order chi connectivity index (χ0) is 21.8. The first-order valence-electron chi connectivity index (χ1n) is 9.98. The van der Waals surface area contributed by atoms with Gasteiger partial charge < -0.3 is 15.1 Å². The molecule has 1 amide bonds. The molecular weight excluding hydrogens is 419 g/mol. The van der Waals surface area contributed by atoms with Crippen molar-refractivity contribution in [2.24, 2.45) is 0 Å². The minimum atomic E-state index is -0.454. The lowest BCUT2D eigenvalue weighted by Gasteiger charge is -2.35. The van der Waals surface area contributed by atoms with Crippen molar-refractivity contribution in [1.82, 2.24) is 20.1 Å². The fourth-order valence-corrected chi connectivity index (χ4v) is 3.61. The molecule has 160 valence electrons. The van der Waals surface area contributed by atoms with Crippen LogP contribution in [0.2, 0.25) is 5.02 Å². The molecule has 0 saturated carbocycles. The second kappa shape index (κ2) is 9.26. The number of carbonyl (C=O) groups is 1. The Morgan fingerprint density at radius 1 is 1.06 bits per heavy atom. The highest BCUT2D eigenvalue weighted by Crippen LogP contribution is 2.21. The molecule has 7 nitrogen and oxygen atoms in total. The number of pyridine rings is 1. The topological polar surface area (TPSA) is 74.2 Å². The third kappa shape index (κ3) is 5.08. The van der Waals surface area contributed by atoms with Crippen molar-refractivity contribution in [3.8, 4) is 0 Å². The van der Waals surface area contributed by atoms with E-state index in [-0.39, 0.29) is 22.9 Å². The van der Waals surface area contributed by atoms with Crippen LogP contribution in [0.25, 0.3) is 0 Å². The highest BCUT2D eigenvalue weighted by Gasteiger charge is 2.23. The van der Waals surface area contributed by atoms with Gasteiger partial charge in [-0.2, -0.15) is 0 Å². The van der Waals surface area contributed by atoms with E-state index in [0.717, 1.165) is 11.4 Å². The molecule has 4 rings (SSSR count). The molecule has 1 saturated heterocycles. The summed E-state index contributed by atoms with van der Waals surface area (Å²) in [6.45, 7) is 4.28. The van der Waals surface area contributed by atoms with Crippen molar-refractivity contribution in [1.29, 1.82) is 0 Å². The predicted octanol–water partition coefficient (Wildman–Crippen LogP) is 3.61. The van der Waals surface area contributed by atoms with Gasteiger partial charge in [0.05, 0.1) is 6.42 Å². The first-order valence-corrected chi connectivity index (χ1v) is 10.4. The second-order valence-corrected chi connectivity index (χ2v) is 7.77. The van der Waals surface area contributed by atoms with Crippen LogP contribution >= 0.6 is 11.6 Å². The summed E-state index contributed by atoms with van der Waals surface area (Å²) in [5.74, 6) is 1.46. The van der Waals surface area contributed by atoms with E-state index < -0.39 is 5.82 Å². The van der Waals surface area contributed by atoms with Crippen molar-refractivity contribution in [3.05, 3.63) is 70.6 Å². The first-order chi connectivity index (χ1) is 15.0. The monoisotopic (exact) mass is 440 g/mol. The normalized spacial score (nSPS) is 13.9. The van der Waals surface area contributed by atoms with Crippen LogP contribution in [0, 0.1) is 12.7 Å². The number of anilines is 3. The molecule has 1 N–H and O–H groups in total. The highest BCUT2D eigenvalue weighted by atomic mass is 35.5. The van der Waals surface area contributed by atoms with Gasteiger partial charge in [-0.15, -0.1) is 10.2 Å². The van der Waals surface area contributed by atoms with Crippen molar-refractivity contribution in [2.75, 3.05) is 36.4 Å². The van der Waals surface area contributed by atoms with Gasteiger partial charge in [0, 0.05) is 43.0 Å². The fraction of sp³-hybridized carbons (Fsp3) is 0.273. The quantitative estimate of drug-likeness (QED) is 0.653. The van der Waals surface area contributed by atoms with E-state index in [1.807, 2.05) is 31.2 Å². The number of carbonyl (C=O) groups excluding carboxylic acids is 1. The van der Waals surface area contributed by atoms with Gasteiger partial charge >= 0.3 is 0 Å². The smallest absolute Gasteiger partial charge is 0.227 e. The summed E-state index contributed by atoms with van der Waals surface area (Å²) in [6.07, 6.45) is 1.74. The molecule has 0 bridgehead atoms. The van der Waals surface area contributed by atoms with Crippen molar-refractivity contribution < 1.29 is 9.18 Å². The molecule has 0 spiro atoms. The number of piperazine rings is 1. The summed E-state index contributed by atoms with van der Waals surface area (Å²) in [7, 11) is 0. The number of nitrogens with one attached hydrogen (secondary N) is 1. The number of nitrogens with zero attached hydrogens (tertiary/aromatic N) is 5. The Bertz CT molecular complexity index is 1030. The second-order valence-electron chi connectivity index (χ2n) is 7.37. The standard InChI is InChI=1S/C22H22ClFN6O/c1-15-5-6-19(25-14-15)26-20-7-8-21(28-27-20)29-9-11-30(12-10-29)22(31)13-16-17(23)3-2-4-18(16)24/h2-8,14H,9-13H2,1H3,(H,25,26,27). The molecule has 3 heterocycles. The zero-order valence-corrected chi connectivity index (χ0v) is 17.8. The molecule has 1 aromatic carbocycles. The number of benzene rings is 1. The maximum absolute atomic E-state index is 14.0. The molecule has 1 fully saturated rings. The molecule has 3 aromatic rings. The Balaban J connectivity index is 1.32. The average Bonchev–Trinajstić information content (AvgIpc) is 2.78. The van der Waals surface area contributed by atoms with Crippen molar-refractivity contribution in [3.63, 3.8) is 0 Å². The molecule has 0 atom stereocenters. The average molecular weight is 441 g/mol. The van der Waals surface area contributed by atoms with Crippen LogP contribution in [0.3, 0.4) is 0 Å². The fourth-order valence-electron chi connectivity index (χ4n) is 3.38. The van der Waals surface area contributed by atoms with E-state index in [9.17, 15) is 9.18 Å². The number of aromatic nitrogens is 3. The van der Waals surface area contributed by atoms with E-state index in [1.165, 1.54) is 12.1 Å². The summed E-state index contributed by atoms with van der Waals surface area (Å²) in [5.41, 5.74) is 1.33. The third-order valence-corrected chi connectivity index (χ3v) is 5.52. The van der Waals surface area contributed by atoms with E-state index in [0.29, 0.717) is 37.8 Å². The van der Waals surface area contributed by atoms with Crippen LogP contribution < -0.4 is 10.2 Å². The first kappa shape index (κ1) is 21.0. The van der Waals surface area contributed by atoms with Gasteiger partial charge in [0.25, 0.3) is 0 Å². The molecule has 31 heavy (non-hydrogen) atoms. The number of hydrogen-bond donors (Lipinski definition) is 1. The molecule has 0 radical (unpaired) electrons. The Kier molecular flexibility index (Phi) is 6.27. The Morgan fingerprint density at radius 3 is 2.48 bits per heavy atom. The van der Waals surface area contributed by atoms with Gasteiger partial charge in [-0.05, 0) is 42.8 Å².